The van der Waals surface area contributed by atoms with Gasteiger partial charge in [-0.25, -0.2) is 0 Å². The topological polar surface area (TPSA) is 52.6 Å². The highest BCUT2D eigenvalue weighted by atomic mass is 16.5. The van der Waals surface area contributed by atoms with E-state index in [0.717, 1.165) is 12.8 Å². The Hall–Kier alpha value is -1.06. The molecular weight excluding hydrogens is 244 g/mol. The van der Waals surface area contributed by atoms with E-state index < -0.39 is 0 Å². The molecule has 1 aliphatic carbocycles. The van der Waals surface area contributed by atoms with Crippen LogP contribution in [0, 0.1) is 17.3 Å². The first-order chi connectivity index (χ1) is 8.91. The molecular formula is C15H26O4. The molecule has 2 atom stereocenters. The summed E-state index contributed by atoms with van der Waals surface area (Å²) in [5.74, 6) is -0.467. The summed E-state index contributed by atoms with van der Waals surface area (Å²) in [5.41, 5.74) is -0.115. The third-order valence-electron chi connectivity index (χ3n) is 4.01. The van der Waals surface area contributed by atoms with Crippen molar-refractivity contribution >= 4 is 11.9 Å². The van der Waals surface area contributed by atoms with Gasteiger partial charge in [-0.1, -0.05) is 40.0 Å². The Bertz CT molecular complexity index is 322. The molecule has 0 aliphatic heterocycles. The number of rotatable bonds is 8. The van der Waals surface area contributed by atoms with Crippen LogP contribution in [0.5, 0.6) is 0 Å². The fourth-order valence-corrected chi connectivity index (χ4v) is 2.52. The van der Waals surface area contributed by atoms with E-state index in [0.29, 0.717) is 13.2 Å². The smallest absolute Gasteiger partial charge is 0.309 e. The van der Waals surface area contributed by atoms with Crippen LogP contribution in [0.4, 0.5) is 0 Å². The Kier molecular flexibility index (Phi) is 5.83. The molecule has 110 valence electrons. The van der Waals surface area contributed by atoms with Crippen molar-refractivity contribution in [2.45, 2.75) is 53.4 Å². The molecule has 0 amide bonds. The van der Waals surface area contributed by atoms with Gasteiger partial charge >= 0.3 is 11.9 Å². The van der Waals surface area contributed by atoms with E-state index in [1.807, 2.05) is 13.8 Å². The maximum absolute atomic E-state index is 11.9. The van der Waals surface area contributed by atoms with Crippen molar-refractivity contribution in [2.75, 3.05) is 13.2 Å². The van der Waals surface area contributed by atoms with E-state index >= 15 is 0 Å². The SMILES string of the molecule is CCCCCCOC(=O)C1C(COC(C)=O)C1(C)C. The predicted octanol–water partition coefficient (Wildman–Crippen LogP) is 2.95. The van der Waals surface area contributed by atoms with Gasteiger partial charge in [0.25, 0.3) is 0 Å². The summed E-state index contributed by atoms with van der Waals surface area (Å²) in [6, 6.07) is 0. The Morgan fingerprint density at radius 3 is 2.37 bits per heavy atom. The summed E-state index contributed by atoms with van der Waals surface area (Å²) in [6.07, 6.45) is 4.39. The molecule has 0 saturated heterocycles. The van der Waals surface area contributed by atoms with Crippen LogP contribution in [0.2, 0.25) is 0 Å². The van der Waals surface area contributed by atoms with E-state index in [-0.39, 0.29) is 29.2 Å². The Balaban J connectivity index is 2.26. The lowest BCUT2D eigenvalue weighted by atomic mass is 10.1. The molecule has 4 heteroatoms. The quantitative estimate of drug-likeness (QED) is 0.502. The third kappa shape index (κ3) is 4.51. The zero-order chi connectivity index (χ0) is 14.5. The second-order valence-corrected chi connectivity index (χ2v) is 5.94. The molecule has 2 unspecified atom stereocenters. The number of hydrogen-bond donors (Lipinski definition) is 0. The highest BCUT2D eigenvalue weighted by Crippen LogP contribution is 2.58. The Morgan fingerprint density at radius 2 is 1.79 bits per heavy atom. The van der Waals surface area contributed by atoms with Crippen molar-refractivity contribution in [3.63, 3.8) is 0 Å². The third-order valence-corrected chi connectivity index (χ3v) is 4.01. The highest BCUT2D eigenvalue weighted by Gasteiger charge is 2.63. The first-order valence-corrected chi connectivity index (χ1v) is 7.21. The average molecular weight is 270 g/mol. The van der Waals surface area contributed by atoms with Gasteiger partial charge in [0.1, 0.15) is 0 Å². The Labute approximate surface area is 115 Å². The summed E-state index contributed by atoms with van der Waals surface area (Å²) >= 11 is 0. The van der Waals surface area contributed by atoms with Gasteiger partial charge in [0.15, 0.2) is 0 Å². The fourth-order valence-electron chi connectivity index (χ4n) is 2.52. The molecule has 0 heterocycles. The van der Waals surface area contributed by atoms with E-state index in [1.54, 1.807) is 0 Å². The molecule has 4 nitrogen and oxygen atoms in total. The zero-order valence-corrected chi connectivity index (χ0v) is 12.5. The second kappa shape index (κ2) is 6.92. The minimum atomic E-state index is -0.297. The molecule has 19 heavy (non-hydrogen) atoms. The molecule has 0 N–H and O–H groups in total. The van der Waals surface area contributed by atoms with Gasteiger partial charge in [-0.3, -0.25) is 9.59 Å². The van der Waals surface area contributed by atoms with Crippen LogP contribution in [-0.4, -0.2) is 25.2 Å². The van der Waals surface area contributed by atoms with Crippen LogP contribution in [-0.2, 0) is 19.1 Å². The number of esters is 2. The molecule has 1 fully saturated rings. The highest BCUT2D eigenvalue weighted by molar-refractivity contribution is 5.77. The first-order valence-electron chi connectivity index (χ1n) is 7.21. The second-order valence-electron chi connectivity index (χ2n) is 5.94. The van der Waals surface area contributed by atoms with Gasteiger partial charge in [0, 0.05) is 12.8 Å². The molecule has 0 aromatic carbocycles. The van der Waals surface area contributed by atoms with Crippen LogP contribution in [0.15, 0.2) is 0 Å². The summed E-state index contributed by atoms with van der Waals surface area (Å²) in [6.45, 7) is 8.40. The van der Waals surface area contributed by atoms with Crippen LogP contribution in [0.1, 0.15) is 53.4 Å². The summed E-state index contributed by atoms with van der Waals surface area (Å²) in [4.78, 5) is 22.7. The van der Waals surface area contributed by atoms with E-state index in [1.165, 1.54) is 19.8 Å². The number of ether oxygens (including phenoxy) is 2. The van der Waals surface area contributed by atoms with Crippen LogP contribution in [0.3, 0.4) is 0 Å². The standard InChI is InChI=1S/C15H26O4/c1-5-6-7-8-9-18-14(17)13-12(15(13,3)4)10-19-11(2)16/h12-13H,5-10H2,1-4H3. The normalized spacial score (nSPS) is 23.8. The minimum absolute atomic E-state index is 0.0968. The minimum Gasteiger partial charge on any atom is -0.466 e. The van der Waals surface area contributed by atoms with Crippen molar-refractivity contribution < 1.29 is 19.1 Å². The lowest BCUT2D eigenvalue weighted by Crippen LogP contribution is -2.12. The largest absolute Gasteiger partial charge is 0.466 e. The van der Waals surface area contributed by atoms with Gasteiger partial charge in [0.05, 0.1) is 19.1 Å². The van der Waals surface area contributed by atoms with Crippen LogP contribution >= 0.6 is 0 Å². The average Bonchev–Trinajstić information content (AvgIpc) is 2.88. The molecule has 0 aromatic rings. The molecule has 1 rings (SSSR count). The number of carbonyl (C=O) groups excluding carboxylic acids is 2. The van der Waals surface area contributed by atoms with Gasteiger partial charge in [0.2, 0.25) is 0 Å². The molecule has 0 aromatic heterocycles. The van der Waals surface area contributed by atoms with E-state index in [4.69, 9.17) is 9.47 Å². The van der Waals surface area contributed by atoms with E-state index in [9.17, 15) is 9.59 Å². The fraction of sp³-hybridized carbons (Fsp3) is 0.867. The zero-order valence-electron chi connectivity index (χ0n) is 12.5. The van der Waals surface area contributed by atoms with Crippen molar-refractivity contribution in [1.29, 1.82) is 0 Å². The van der Waals surface area contributed by atoms with Crippen molar-refractivity contribution in [3.8, 4) is 0 Å². The van der Waals surface area contributed by atoms with Crippen molar-refractivity contribution in [3.05, 3.63) is 0 Å². The Morgan fingerprint density at radius 1 is 1.11 bits per heavy atom. The van der Waals surface area contributed by atoms with Gasteiger partial charge in [-0.2, -0.15) is 0 Å². The molecule has 1 aliphatic rings. The molecule has 1 saturated carbocycles. The monoisotopic (exact) mass is 270 g/mol. The number of carbonyl (C=O) groups is 2. The lowest BCUT2D eigenvalue weighted by Gasteiger charge is -2.05. The molecule has 0 spiro atoms. The van der Waals surface area contributed by atoms with Crippen molar-refractivity contribution in [1.82, 2.24) is 0 Å². The summed E-state index contributed by atoms with van der Waals surface area (Å²) in [5, 5.41) is 0. The summed E-state index contributed by atoms with van der Waals surface area (Å²) < 4.78 is 10.3. The van der Waals surface area contributed by atoms with Gasteiger partial charge in [-0.05, 0) is 11.8 Å². The van der Waals surface area contributed by atoms with Gasteiger partial charge < -0.3 is 9.47 Å². The van der Waals surface area contributed by atoms with Crippen LogP contribution in [0.25, 0.3) is 0 Å². The van der Waals surface area contributed by atoms with Crippen molar-refractivity contribution in [2.24, 2.45) is 17.3 Å². The number of hydrogen-bond acceptors (Lipinski definition) is 4. The molecule has 0 radical (unpaired) electrons. The molecule has 0 bridgehead atoms. The van der Waals surface area contributed by atoms with Crippen LogP contribution < -0.4 is 0 Å². The van der Waals surface area contributed by atoms with E-state index in [2.05, 4.69) is 6.92 Å². The van der Waals surface area contributed by atoms with Gasteiger partial charge in [-0.15, -0.1) is 0 Å². The summed E-state index contributed by atoms with van der Waals surface area (Å²) in [7, 11) is 0. The maximum atomic E-state index is 11.9. The maximum Gasteiger partial charge on any atom is 0.309 e. The predicted molar refractivity (Wildman–Crippen MR) is 72.5 cm³/mol. The number of unbranched alkanes of at least 4 members (excludes halogenated alkanes) is 3. The lowest BCUT2D eigenvalue weighted by molar-refractivity contribution is -0.148. The first kappa shape index (κ1) is 16.0.